The summed E-state index contributed by atoms with van der Waals surface area (Å²) in [5.74, 6) is 0.605. The molecule has 3 nitrogen and oxygen atoms in total. The molecule has 1 heterocycles. The van der Waals surface area contributed by atoms with Gasteiger partial charge in [0.05, 0.1) is 6.04 Å². The van der Waals surface area contributed by atoms with E-state index >= 15 is 0 Å². The van der Waals surface area contributed by atoms with E-state index in [9.17, 15) is 4.39 Å². The Morgan fingerprint density at radius 3 is 3.11 bits per heavy atom. The lowest BCUT2D eigenvalue weighted by molar-refractivity contribution is 0.579. The minimum absolute atomic E-state index is 0.150. The van der Waals surface area contributed by atoms with Gasteiger partial charge in [0.1, 0.15) is 11.6 Å². The first kappa shape index (κ1) is 11.6. The highest BCUT2D eigenvalue weighted by molar-refractivity contribution is 7.09. The molecule has 2 aromatic rings. The lowest BCUT2D eigenvalue weighted by Crippen LogP contribution is -2.17. The van der Waals surface area contributed by atoms with Crippen LogP contribution in [0.2, 0.25) is 0 Å². The molecule has 5 heteroatoms. The van der Waals surface area contributed by atoms with Crippen molar-refractivity contribution < 1.29 is 4.39 Å². The molecule has 18 heavy (non-hydrogen) atoms. The summed E-state index contributed by atoms with van der Waals surface area (Å²) >= 11 is 1.36. The first-order valence-electron chi connectivity index (χ1n) is 6.07. The zero-order valence-electron chi connectivity index (χ0n) is 10.1. The molecule has 1 aliphatic carbocycles. The Kier molecular flexibility index (Phi) is 2.99. The standard InChI is InChI=1S/C13H14FN3S/c1-8-15-13(18-17-8)16-12-4-2-3-9-5-6-10(14)7-11(9)12/h5-7,12H,2-4H2,1H3,(H,15,16,17). The molecule has 0 saturated carbocycles. The highest BCUT2D eigenvalue weighted by Gasteiger charge is 2.21. The second-order valence-corrected chi connectivity index (χ2v) is 5.33. The minimum atomic E-state index is -0.170. The summed E-state index contributed by atoms with van der Waals surface area (Å²) in [5.41, 5.74) is 2.30. The molecular weight excluding hydrogens is 249 g/mol. The maximum Gasteiger partial charge on any atom is 0.203 e. The third kappa shape index (κ3) is 2.22. The number of fused-ring (bicyclic) bond motifs is 1. The number of aromatic nitrogens is 2. The van der Waals surface area contributed by atoms with E-state index in [1.54, 1.807) is 6.07 Å². The second-order valence-electron chi connectivity index (χ2n) is 4.58. The maximum atomic E-state index is 13.4. The van der Waals surface area contributed by atoms with Crippen molar-refractivity contribution in [2.75, 3.05) is 5.32 Å². The van der Waals surface area contributed by atoms with Gasteiger partial charge in [-0.3, -0.25) is 0 Å². The molecular formula is C13H14FN3S. The predicted octanol–water partition coefficient (Wildman–Crippen LogP) is 3.48. The largest absolute Gasteiger partial charge is 0.353 e. The van der Waals surface area contributed by atoms with E-state index in [1.807, 2.05) is 13.0 Å². The van der Waals surface area contributed by atoms with Crippen molar-refractivity contribution in [1.82, 2.24) is 9.36 Å². The van der Waals surface area contributed by atoms with Crippen LogP contribution in [0.3, 0.4) is 0 Å². The van der Waals surface area contributed by atoms with Crippen LogP contribution >= 0.6 is 11.5 Å². The van der Waals surface area contributed by atoms with Crippen LogP contribution in [0.15, 0.2) is 18.2 Å². The lowest BCUT2D eigenvalue weighted by Gasteiger charge is -2.26. The molecule has 1 aromatic carbocycles. The number of hydrogen-bond acceptors (Lipinski definition) is 4. The van der Waals surface area contributed by atoms with E-state index in [0.717, 1.165) is 35.8 Å². The third-order valence-corrected chi connectivity index (χ3v) is 3.99. The molecule has 1 aromatic heterocycles. The average Bonchev–Trinajstić information content (AvgIpc) is 2.76. The number of anilines is 1. The number of nitrogens with zero attached hydrogens (tertiary/aromatic N) is 2. The summed E-state index contributed by atoms with van der Waals surface area (Å²) < 4.78 is 17.5. The molecule has 0 spiro atoms. The van der Waals surface area contributed by atoms with Gasteiger partial charge in [0.15, 0.2) is 0 Å². The van der Waals surface area contributed by atoms with Gasteiger partial charge >= 0.3 is 0 Å². The number of benzene rings is 1. The van der Waals surface area contributed by atoms with Crippen LogP contribution in [0, 0.1) is 12.7 Å². The molecule has 3 rings (SSSR count). The quantitative estimate of drug-likeness (QED) is 0.901. The van der Waals surface area contributed by atoms with Crippen molar-refractivity contribution in [3.63, 3.8) is 0 Å². The summed E-state index contributed by atoms with van der Waals surface area (Å²) in [7, 11) is 0. The normalized spacial score (nSPS) is 18.4. The predicted molar refractivity (Wildman–Crippen MR) is 70.3 cm³/mol. The van der Waals surface area contributed by atoms with E-state index in [4.69, 9.17) is 0 Å². The molecule has 0 aliphatic heterocycles. The highest BCUT2D eigenvalue weighted by Crippen LogP contribution is 2.33. The molecule has 1 aliphatic rings. The molecule has 1 atom stereocenters. The van der Waals surface area contributed by atoms with Gasteiger partial charge in [-0.05, 0) is 49.4 Å². The summed E-state index contributed by atoms with van der Waals surface area (Å²) in [5, 5.41) is 4.18. The lowest BCUT2D eigenvalue weighted by atomic mass is 9.88. The van der Waals surface area contributed by atoms with E-state index in [0.29, 0.717) is 0 Å². The monoisotopic (exact) mass is 263 g/mol. The fourth-order valence-corrected chi connectivity index (χ4v) is 3.05. The number of halogens is 1. The SMILES string of the molecule is Cc1nsc(NC2CCCc3ccc(F)cc32)n1. The minimum Gasteiger partial charge on any atom is -0.353 e. The van der Waals surface area contributed by atoms with Crippen LogP contribution in [0.1, 0.15) is 35.8 Å². The van der Waals surface area contributed by atoms with Crippen molar-refractivity contribution in [3.8, 4) is 0 Å². The number of hydrogen-bond donors (Lipinski definition) is 1. The number of aryl methyl sites for hydroxylation is 2. The van der Waals surface area contributed by atoms with Gasteiger partial charge < -0.3 is 5.32 Å². The zero-order valence-corrected chi connectivity index (χ0v) is 10.9. The number of rotatable bonds is 2. The molecule has 0 fully saturated rings. The van der Waals surface area contributed by atoms with Crippen LogP contribution in [-0.4, -0.2) is 9.36 Å². The molecule has 0 bridgehead atoms. The van der Waals surface area contributed by atoms with Gasteiger partial charge in [-0.1, -0.05) is 6.07 Å². The molecule has 94 valence electrons. The number of nitrogens with one attached hydrogen (secondary N) is 1. The molecule has 0 saturated heterocycles. The van der Waals surface area contributed by atoms with Gasteiger partial charge in [0.25, 0.3) is 0 Å². The first-order valence-corrected chi connectivity index (χ1v) is 6.85. The van der Waals surface area contributed by atoms with Crippen LogP contribution in [-0.2, 0) is 6.42 Å². The molecule has 1 unspecified atom stereocenters. The molecule has 0 radical (unpaired) electrons. The van der Waals surface area contributed by atoms with Gasteiger partial charge in [0.2, 0.25) is 5.13 Å². The first-order chi connectivity index (χ1) is 8.72. The highest BCUT2D eigenvalue weighted by atomic mass is 32.1. The summed E-state index contributed by atoms with van der Waals surface area (Å²) in [6.07, 6.45) is 3.16. The Bertz CT molecular complexity index is 567. The Balaban J connectivity index is 1.88. The third-order valence-electron chi connectivity index (χ3n) is 3.25. The van der Waals surface area contributed by atoms with E-state index in [2.05, 4.69) is 14.7 Å². The molecule has 0 amide bonds. The van der Waals surface area contributed by atoms with E-state index < -0.39 is 0 Å². The van der Waals surface area contributed by atoms with Crippen LogP contribution < -0.4 is 5.32 Å². The van der Waals surface area contributed by atoms with Crippen molar-refractivity contribution in [2.24, 2.45) is 0 Å². The Hall–Kier alpha value is -1.49. The smallest absolute Gasteiger partial charge is 0.203 e. The van der Waals surface area contributed by atoms with Crippen LogP contribution in [0.4, 0.5) is 9.52 Å². The average molecular weight is 263 g/mol. The Morgan fingerprint density at radius 1 is 1.44 bits per heavy atom. The van der Waals surface area contributed by atoms with E-state index in [-0.39, 0.29) is 11.9 Å². The van der Waals surface area contributed by atoms with Crippen LogP contribution in [0.5, 0.6) is 0 Å². The van der Waals surface area contributed by atoms with Gasteiger partial charge in [-0.15, -0.1) is 0 Å². The van der Waals surface area contributed by atoms with Crippen molar-refractivity contribution in [1.29, 1.82) is 0 Å². The zero-order chi connectivity index (χ0) is 12.5. The molecule has 1 N–H and O–H groups in total. The van der Waals surface area contributed by atoms with Gasteiger partial charge in [-0.2, -0.15) is 4.37 Å². The van der Waals surface area contributed by atoms with Crippen LogP contribution in [0.25, 0.3) is 0 Å². The maximum absolute atomic E-state index is 13.4. The second kappa shape index (κ2) is 4.65. The van der Waals surface area contributed by atoms with Crippen molar-refractivity contribution in [3.05, 3.63) is 41.0 Å². The van der Waals surface area contributed by atoms with Gasteiger partial charge in [0, 0.05) is 11.5 Å². The fraction of sp³-hybridized carbons (Fsp3) is 0.385. The Labute approximate surface area is 109 Å². The fourth-order valence-electron chi connectivity index (χ4n) is 2.42. The summed E-state index contributed by atoms with van der Waals surface area (Å²) in [6, 6.07) is 5.22. The topological polar surface area (TPSA) is 37.8 Å². The Morgan fingerprint density at radius 2 is 2.33 bits per heavy atom. The van der Waals surface area contributed by atoms with E-state index in [1.165, 1.54) is 23.2 Å². The summed E-state index contributed by atoms with van der Waals surface area (Å²) in [4.78, 5) is 4.30. The summed E-state index contributed by atoms with van der Waals surface area (Å²) in [6.45, 7) is 1.87. The van der Waals surface area contributed by atoms with Crippen molar-refractivity contribution >= 4 is 16.7 Å². The van der Waals surface area contributed by atoms with Gasteiger partial charge in [-0.25, -0.2) is 9.37 Å². The van der Waals surface area contributed by atoms with Crippen molar-refractivity contribution in [2.45, 2.75) is 32.2 Å².